The van der Waals surface area contributed by atoms with Gasteiger partial charge in [-0.3, -0.25) is 4.79 Å². The molecule has 0 saturated heterocycles. The molecule has 23 heavy (non-hydrogen) atoms. The van der Waals surface area contributed by atoms with Gasteiger partial charge in [0.25, 0.3) is 5.91 Å². The van der Waals surface area contributed by atoms with Gasteiger partial charge in [-0.15, -0.1) is 16.4 Å². The summed E-state index contributed by atoms with van der Waals surface area (Å²) in [6.07, 6.45) is 0. The summed E-state index contributed by atoms with van der Waals surface area (Å²) in [5.41, 5.74) is 0. The first-order chi connectivity index (χ1) is 10.8. The van der Waals surface area contributed by atoms with E-state index in [1.165, 1.54) is 34.5 Å². The van der Waals surface area contributed by atoms with E-state index in [1.54, 1.807) is 18.5 Å². The van der Waals surface area contributed by atoms with E-state index < -0.39 is 22.0 Å². The number of carbonyl (C=O) groups excluding carboxylic acids is 1. The van der Waals surface area contributed by atoms with Crippen molar-refractivity contribution in [2.24, 2.45) is 7.05 Å². The fraction of sp³-hybridized carbons (Fsp3) is 0.417. The predicted molar refractivity (Wildman–Crippen MR) is 81.9 cm³/mol. The Kier molecular flexibility index (Phi) is 3.86. The first kappa shape index (κ1) is 15.9. The lowest BCUT2D eigenvalue weighted by Crippen LogP contribution is -2.43. The number of carbonyl (C=O) groups is 1. The van der Waals surface area contributed by atoms with E-state index in [-0.39, 0.29) is 23.3 Å². The van der Waals surface area contributed by atoms with Crippen LogP contribution in [0.5, 0.6) is 6.01 Å². The second kappa shape index (κ2) is 5.58. The Morgan fingerprint density at radius 2 is 2.22 bits per heavy atom. The molecule has 0 aliphatic carbocycles. The SMILES string of the molecule is COc1nc(C(=O)NC2CN(C)S(=O)(=O)c3ccsc32)nn1C. The van der Waals surface area contributed by atoms with Gasteiger partial charge >= 0.3 is 6.01 Å². The number of rotatable bonds is 3. The van der Waals surface area contributed by atoms with Crippen LogP contribution in [0.15, 0.2) is 16.3 Å². The van der Waals surface area contributed by atoms with Gasteiger partial charge in [0.1, 0.15) is 0 Å². The van der Waals surface area contributed by atoms with Gasteiger partial charge in [0.05, 0.1) is 18.0 Å². The number of amides is 1. The zero-order valence-corrected chi connectivity index (χ0v) is 14.3. The first-order valence-electron chi connectivity index (χ1n) is 6.64. The third kappa shape index (κ3) is 2.60. The molecule has 9 nitrogen and oxygen atoms in total. The van der Waals surface area contributed by atoms with Gasteiger partial charge in [-0.1, -0.05) is 0 Å². The number of ether oxygens (including phenoxy) is 1. The Hall–Kier alpha value is -1.98. The van der Waals surface area contributed by atoms with Crippen molar-refractivity contribution in [1.29, 1.82) is 0 Å². The number of sulfonamides is 1. The van der Waals surface area contributed by atoms with Crippen molar-refractivity contribution < 1.29 is 17.9 Å². The Labute approximate surface area is 136 Å². The summed E-state index contributed by atoms with van der Waals surface area (Å²) < 4.78 is 32.0. The van der Waals surface area contributed by atoms with Gasteiger partial charge in [-0.2, -0.15) is 9.29 Å². The van der Waals surface area contributed by atoms with Gasteiger partial charge < -0.3 is 10.1 Å². The summed E-state index contributed by atoms with van der Waals surface area (Å²) in [6.45, 7) is 0.158. The van der Waals surface area contributed by atoms with Crippen molar-refractivity contribution in [1.82, 2.24) is 24.4 Å². The second-order valence-electron chi connectivity index (χ2n) is 5.01. The number of hydrogen-bond acceptors (Lipinski definition) is 7. The highest BCUT2D eigenvalue weighted by Gasteiger charge is 2.37. The molecule has 11 heteroatoms. The molecular formula is C12H15N5O4S2. The molecule has 0 fully saturated rings. The van der Waals surface area contributed by atoms with Crippen LogP contribution in [0.4, 0.5) is 0 Å². The number of fused-ring (bicyclic) bond motifs is 1. The molecule has 1 amide bonds. The summed E-state index contributed by atoms with van der Waals surface area (Å²) in [4.78, 5) is 17.1. The predicted octanol–water partition coefficient (Wildman–Crippen LogP) is -0.00960. The zero-order chi connectivity index (χ0) is 16.8. The molecule has 0 spiro atoms. The summed E-state index contributed by atoms with van der Waals surface area (Å²) in [5, 5.41) is 8.46. The third-order valence-electron chi connectivity index (χ3n) is 3.52. The lowest BCUT2D eigenvalue weighted by atomic mass is 10.2. The van der Waals surface area contributed by atoms with Gasteiger partial charge in [-0.25, -0.2) is 13.1 Å². The molecule has 1 atom stereocenters. The minimum Gasteiger partial charge on any atom is -0.467 e. The van der Waals surface area contributed by atoms with Crippen LogP contribution in [0, 0.1) is 0 Å². The lowest BCUT2D eigenvalue weighted by molar-refractivity contribution is 0.0920. The molecular weight excluding hydrogens is 342 g/mol. The minimum absolute atomic E-state index is 0.0291. The van der Waals surface area contributed by atoms with Gasteiger partial charge in [0.2, 0.25) is 15.8 Å². The molecule has 1 N–H and O–H groups in total. The maximum Gasteiger partial charge on any atom is 0.314 e. The monoisotopic (exact) mass is 357 g/mol. The van der Waals surface area contributed by atoms with Crippen LogP contribution >= 0.6 is 11.3 Å². The van der Waals surface area contributed by atoms with E-state index in [0.29, 0.717) is 4.88 Å². The third-order valence-corrected chi connectivity index (χ3v) is 6.56. The number of thiophene rings is 1. The van der Waals surface area contributed by atoms with Crippen LogP contribution in [-0.4, -0.2) is 54.1 Å². The molecule has 1 aliphatic rings. The van der Waals surface area contributed by atoms with Crippen molar-refractivity contribution in [2.75, 3.05) is 20.7 Å². The molecule has 2 aromatic heterocycles. The molecule has 0 aromatic carbocycles. The largest absolute Gasteiger partial charge is 0.467 e. The molecule has 1 aliphatic heterocycles. The summed E-state index contributed by atoms with van der Waals surface area (Å²) >= 11 is 1.30. The Morgan fingerprint density at radius 1 is 1.48 bits per heavy atom. The van der Waals surface area contributed by atoms with Gasteiger partial charge in [0, 0.05) is 25.5 Å². The first-order valence-corrected chi connectivity index (χ1v) is 8.96. The van der Waals surface area contributed by atoms with Crippen LogP contribution in [0.1, 0.15) is 21.5 Å². The average molecular weight is 357 g/mol. The van der Waals surface area contributed by atoms with E-state index in [4.69, 9.17) is 4.74 Å². The molecule has 3 heterocycles. The molecule has 0 saturated carbocycles. The van der Waals surface area contributed by atoms with Crippen molar-refractivity contribution in [3.63, 3.8) is 0 Å². The number of methoxy groups -OCH3 is 1. The summed E-state index contributed by atoms with van der Waals surface area (Å²) in [5.74, 6) is -0.514. The number of nitrogens with one attached hydrogen (secondary N) is 1. The van der Waals surface area contributed by atoms with E-state index >= 15 is 0 Å². The highest BCUT2D eigenvalue weighted by atomic mass is 32.2. The normalized spacial score (nSPS) is 20.0. The van der Waals surface area contributed by atoms with E-state index in [2.05, 4.69) is 15.4 Å². The van der Waals surface area contributed by atoms with Crippen LogP contribution < -0.4 is 10.1 Å². The van der Waals surface area contributed by atoms with Gasteiger partial charge in [0.15, 0.2) is 0 Å². The van der Waals surface area contributed by atoms with E-state index in [0.717, 1.165) is 0 Å². The smallest absolute Gasteiger partial charge is 0.314 e. The Balaban J connectivity index is 1.87. The summed E-state index contributed by atoms with van der Waals surface area (Å²) in [6, 6.07) is 1.32. The highest BCUT2D eigenvalue weighted by molar-refractivity contribution is 7.89. The van der Waals surface area contributed by atoms with Crippen LogP contribution in [0.3, 0.4) is 0 Å². The zero-order valence-electron chi connectivity index (χ0n) is 12.7. The highest BCUT2D eigenvalue weighted by Crippen LogP contribution is 2.35. The molecule has 0 bridgehead atoms. The van der Waals surface area contributed by atoms with Crippen LogP contribution in [0.2, 0.25) is 0 Å². The molecule has 0 radical (unpaired) electrons. The molecule has 124 valence electrons. The van der Waals surface area contributed by atoms with Crippen molar-refractivity contribution in [2.45, 2.75) is 10.9 Å². The molecule has 2 aromatic rings. The second-order valence-corrected chi connectivity index (χ2v) is 7.97. The average Bonchev–Trinajstić information content (AvgIpc) is 3.12. The maximum atomic E-state index is 12.3. The molecule has 1 unspecified atom stereocenters. The minimum atomic E-state index is -3.48. The fourth-order valence-electron chi connectivity index (χ4n) is 2.36. The van der Waals surface area contributed by atoms with Crippen molar-refractivity contribution in [3.05, 3.63) is 22.1 Å². The number of aryl methyl sites for hydroxylation is 1. The number of nitrogens with zero attached hydrogens (tertiary/aromatic N) is 4. The van der Waals surface area contributed by atoms with Gasteiger partial charge in [-0.05, 0) is 11.4 Å². The standard InChI is InChI=1S/C12H15N5O4S2/c1-16-6-7(9-8(4-5-22-9)23(16,19)20)13-11(18)10-14-12(21-3)17(2)15-10/h4-5,7H,6H2,1-3H3,(H,13,18). The number of likely N-dealkylation sites (N-methyl/N-ethyl adjacent to an activating group) is 1. The Bertz CT molecular complexity index is 857. The van der Waals surface area contributed by atoms with Crippen LogP contribution in [0.25, 0.3) is 0 Å². The maximum absolute atomic E-state index is 12.3. The van der Waals surface area contributed by atoms with Crippen molar-refractivity contribution in [3.8, 4) is 6.01 Å². The summed E-state index contributed by atoms with van der Waals surface area (Å²) in [7, 11) is 1.05. The molecule has 3 rings (SSSR count). The van der Waals surface area contributed by atoms with E-state index in [1.807, 2.05) is 0 Å². The Morgan fingerprint density at radius 3 is 2.87 bits per heavy atom. The van der Waals surface area contributed by atoms with Crippen LogP contribution in [-0.2, 0) is 17.1 Å². The van der Waals surface area contributed by atoms with Crippen molar-refractivity contribution >= 4 is 27.3 Å². The quantitative estimate of drug-likeness (QED) is 0.828. The number of aromatic nitrogens is 3. The lowest BCUT2D eigenvalue weighted by Gasteiger charge is -2.29. The number of hydrogen-bond donors (Lipinski definition) is 1. The topological polar surface area (TPSA) is 106 Å². The van der Waals surface area contributed by atoms with E-state index in [9.17, 15) is 13.2 Å². The fourth-order valence-corrected chi connectivity index (χ4v) is 5.06.